The monoisotopic (exact) mass is 476 g/mol. The molecule has 2 aromatic rings. The average molecular weight is 477 g/mol. The van der Waals surface area contributed by atoms with Crippen molar-refractivity contribution < 1.29 is 0 Å². The molecular formula is C35H56. The molecular weight excluding hydrogens is 420 g/mol. The van der Waals surface area contributed by atoms with Crippen LogP contribution in [0.15, 0.2) is 30.3 Å². The van der Waals surface area contributed by atoms with Crippen molar-refractivity contribution in [3.05, 3.63) is 69.3 Å². The summed E-state index contributed by atoms with van der Waals surface area (Å²) in [6.07, 6.45) is 3.44. The largest absolute Gasteiger partial charge is 0.0561 e. The van der Waals surface area contributed by atoms with Gasteiger partial charge in [0.1, 0.15) is 0 Å². The zero-order valence-electron chi connectivity index (χ0n) is 26.0. The van der Waals surface area contributed by atoms with Crippen molar-refractivity contribution in [2.75, 3.05) is 0 Å². The SMILES string of the molecule is CC(C)(C)c1cc(CCCc2c(C(C)(C)C)cc(C(C)(C)C)cc2C(C)(C)C)cc(C(C)(C)C)c1. The predicted octanol–water partition coefficient (Wildman–Crippen LogP) is 10.3. The highest BCUT2D eigenvalue weighted by Gasteiger charge is 2.29. The molecule has 0 nitrogen and oxygen atoms in total. The van der Waals surface area contributed by atoms with Gasteiger partial charge in [0.2, 0.25) is 0 Å². The van der Waals surface area contributed by atoms with E-state index in [-0.39, 0.29) is 27.1 Å². The number of aryl methyl sites for hydroxylation is 1. The highest BCUT2D eigenvalue weighted by molar-refractivity contribution is 5.48. The van der Waals surface area contributed by atoms with Gasteiger partial charge in [0.05, 0.1) is 0 Å². The maximum Gasteiger partial charge on any atom is -0.0129 e. The molecule has 0 unspecified atom stereocenters. The first-order valence-corrected chi connectivity index (χ1v) is 13.8. The fourth-order valence-electron chi connectivity index (χ4n) is 4.88. The molecule has 0 atom stereocenters. The van der Waals surface area contributed by atoms with E-state index in [4.69, 9.17) is 0 Å². The maximum atomic E-state index is 2.52. The van der Waals surface area contributed by atoms with Crippen LogP contribution in [0.25, 0.3) is 0 Å². The maximum absolute atomic E-state index is 2.52. The van der Waals surface area contributed by atoms with Crippen molar-refractivity contribution in [3.63, 3.8) is 0 Å². The standard InChI is InChI=1S/C35H56/c1-31(2,3)25-19-24(20-26(21-25)32(4,5)6)17-16-18-28-29(34(10,11)12)22-27(33(7,8)9)23-30(28)35(13,14)15/h19-23H,16-18H2,1-15H3. The highest BCUT2D eigenvalue weighted by Crippen LogP contribution is 2.39. The van der Waals surface area contributed by atoms with Crippen LogP contribution in [0, 0.1) is 0 Å². The fourth-order valence-corrected chi connectivity index (χ4v) is 4.88. The number of benzene rings is 2. The third-order valence-electron chi connectivity index (χ3n) is 7.35. The molecule has 196 valence electrons. The molecule has 0 aromatic heterocycles. The van der Waals surface area contributed by atoms with Gasteiger partial charge in [-0.1, -0.05) is 134 Å². The summed E-state index contributed by atoms with van der Waals surface area (Å²) in [5.74, 6) is 0. The Morgan fingerprint density at radius 2 is 0.743 bits per heavy atom. The molecule has 0 aliphatic carbocycles. The van der Waals surface area contributed by atoms with Gasteiger partial charge in [-0.15, -0.1) is 0 Å². The van der Waals surface area contributed by atoms with Crippen molar-refractivity contribution in [1.29, 1.82) is 0 Å². The van der Waals surface area contributed by atoms with Crippen LogP contribution in [0.2, 0.25) is 0 Å². The van der Waals surface area contributed by atoms with Crippen LogP contribution in [-0.4, -0.2) is 0 Å². The minimum Gasteiger partial charge on any atom is -0.0561 e. The van der Waals surface area contributed by atoms with Gasteiger partial charge in [-0.2, -0.15) is 0 Å². The van der Waals surface area contributed by atoms with E-state index in [0.29, 0.717) is 0 Å². The van der Waals surface area contributed by atoms with Crippen molar-refractivity contribution >= 4 is 0 Å². The molecule has 0 saturated heterocycles. The Morgan fingerprint density at radius 3 is 1.06 bits per heavy atom. The summed E-state index contributed by atoms with van der Waals surface area (Å²) >= 11 is 0. The lowest BCUT2D eigenvalue weighted by atomic mass is 9.71. The van der Waals surface area contributed by atoms with E-state index < -0.39 is 0 Å². The van der Waals surface area contributed by atoms with Gasteiger partial charge in [0.25, 0.3) is 0 Å². The summed E-state index contributed by atoms with van der Waals surface area (Å²) < 4.78 is 0. The van der Waals surface area contributed by atoms with E-state index in [1.807, 2.05) is 0 Å². The highest BCUT2D eigenvalue weighted by atomic mass is 14.3. The van der Waals surface area contributed by atoms with Gasteiger partial charge >= 0.3 is 0 Å². The van der Waals surface area contributed by atoms with Gasteiger partial charge in [-0.05, 0) is 85.3 Å². The summed E-state index contributed by atoms with van der Waals surface area (Å²) in [6, 6.07) is 12.4. The van der Waals surface area contributed by atoms with Crippen LogP contribution in [0.1, 0.15) is 149 Å². The van der Waals surface area contributed by atoms with Crippen LogP contribution in [-0.2, 0) is 39.9 Å². The zero-order chi connectivity index (χ0) is 27.2. The lowest BCUT2D eigenvalue weighted by Gasteiger charge is -2.34. The van der Waals surface area contributed by atoms with Crippen LogP contribution >= 0.6 is 0 Å². The summed E-state index contributed by atoms with van der Waals surface area (Å²) in [6.45, 7) is 35.3. The minimum absolute atomic E-state index is 0.127. The molecule has 0 aliphatic heterocycles. The van der Waals surface area contributed by atoms with Crippen LogP contribution in [0.4, 0.5) is 0 Å². The molecule has 2 rings (SSSR count). The fraction of sp³-hybridized carbons (Fsp3) is 0.657. The topological polar surface area (TPSA) is 0 Å². The molecule has 0 N–H and O–H groups in total. The first kappa shape index (κ1) is 29.7. The third-order valence-corrected chi connectivity index (χ3v) is 7.35. The minimum atomic E-state index is 0.127. The molecule has 0 amide bonds. The Bertz CT molecular complexity index is 945. The third kappa shape index (κ3) is 7.71. The van der Waals surface area contributed by atoms with Gasteiger partial charge < -0.3 is 0 Å². The lowest BCUT2D eigenvalue weighted by Crippen LogP contribution is -2.24. The molecule has 2 aromatic carbocycles. The second-order valence-electron chi connectivity index (χ2n) is 16.1. The molecule has 0 spiro atoms. The van der Waals surface area contributed by atoms with E-state index >= 15 is 0 Å². The molecule has 0 bridgehead atoms. The van der Waals surface area contributed by atoms with Crippen molar-refractivity contribution in [3.8, 4) is 0 Å². The van der Waals surface area contributed by atoms with Crippen molar-refractivity contribution in [1.82, 2.24) is 0 Å². The molecule has 0 aliphatic rings. The number of hydrogen-bond acceptors (Lipinski definition) is 0. The molecule has 35 heavy (non-hydrogen) atoms. The summed E-state index contributed by atoms with van der Waals surface area (Å²) in [5.41, 5.74) is 11.3. The van der Waals surface area contributed by atoms with E-state index in [2.05, 4.69) is 134 Å². The van der Waals surface area contributed by atoms with Gasteiger partial charge in [-0.3, -0.25) is 0 Å². The Hall–Kier alpha value is -1.56. The van der Waals surface area contributed by atoms with Gasteiger partial charge in [0.15, 0.2) is 0 Å². The molecule has 0 radical (unpaired) electrons. The van der Waals surface area contributed by atoms with Gasteiger partial charge in [0, 0.05) is 0 Å². The van der Waals surface area contributed by atoms with E-state index in [1.54, 1.807) is 5.56 Å². The van der Waals surface area contributed by atoms with Crippen LogP contribution in [0.3, 0.4) is 0 Å². The second kappa shape index (κ2) is 9.72. The van der Waals surface area contributed by atoms with E-state index in [9.17, 15) is 0 Å². The van der Waals surface area contributed by atoms with Gasteiger partial charge in [-0.25, -0.2) is 0 Å². The summed E-state index contributed by atoms with van der Waals surface area (Å²) in [7, 11) is 0. The average Bonchev–Trinajstić information content (AvgIpc) is 2.63. The Labute approximate surface area is 219 Å². The molecule has 0 saturated carbocycles. The first-order chi connectivity index (χ1) is 15.5. The number of rotatable bonds is 4. The Morgan fingerprint density at radius 1 is 0.400 bits per heavy atom. The summed E-state index contributed by atoms with van der Waals surface area (Å²) in [5, 5.41) is 0. The van der Waals surface area contributed by atoms with Crippen molar-refractivity contribution in [2.24, 2.45) is 0 Å². The smallest absolute Gasteiger partial charge is 0.0129 e. The summed E-state index contributed by atoms with van der Waals surface area (Å²) in [4.78, 5) is 0. The van der Waals surface area contributed by atoms with Crippen LogP contribution < -0.4 is 0 Å². The predicted molar refractivity (Wildman–Crippen MR) is 158 cm³/mol. The second-order valence-corrected chi connectivity index (χ2v) is 16.1. The quantitative estimate of drug-likeness (QED) is 0.411. The normalized spacial score (nSPS) is 13.9. The first-order valence-electron chi connectivity index (χ1n) is 13.8. The zero-order valence-corrected chi connectivity index (χ0v) is 26.0. The Kier molecular flexibility index (Phi) is 8.24. The Balaban J connectivity index is 2.52. The molecule has 0 heterocycles. The molecule has 0 fully saturated rings. The lowest BCUT2D eigenvalue weighted by molar-refractivity contribution is 0.535. The van der Waals surface area contributed by atoms with Crippen LogP contribution in [0.5, 0.6) is 0 Å². The van der Waals surface area contributed by atoms with E-state index in [0.717, 1.165) is 12.8 Å². The van der Waals surface area contributed by atoms with Crippen molar-refractivity contribution in [2.45, 2.75) is 150 Å². The van der Waals surface area contributed by atoms with E-state index in [1.165, 1.54) is 39.8 Å². The molecule has 0 heteroatoms. The number of hydrogen-bond donors (Lipinski definition) is 0.